The predicted octanol–water partition coefficient (Wildman–Crippen LogP) is 6.44. The first-order valence-electron chi connectivity index (χ1n) is 11.1. The van der Waals surface area contributed by atoms with Crippen LogP contribution in [0.3, 0.4) is 0 Å². The Hall–Kier alpha value is -1.93. The van der Waals surface area contributed by atoms with Crippen molar-refractivity contribution in [1.29, 1.82) is 0 Å². The molecule has 0 aliphatic heterocycles. The van der Waals surface area contributed by atoms with Gasteiger partial charge in [0.15, 0.2) is 0 Å². The number of carboxylic acid groups (broad SMARTS) is 1. The summed E-state index contributed by atoms with van der Waals surface area (Å²) in [6.07, 6.45) is 0.834. The molecule has 1 aliphatic carbocycles. The van der Waals surface area contributed by atoms with Gasteiger partial charge in [0.05, 0.1) is 12.1 Å². The highest BCUT2D eigenvalue weighted by molar-refractivity contribution is 7.09. The average Bonchev–Trinajstić information content (AvgIpc) is 3.23. The van der Waals surface area contributed by atoms with Crippen molar-refractivity contribution in [3.8, 4) is 0 Å². The molecular weight excluding hydrogens is 437 g/mol. The Kier molecular flexibility index (Phi) is 8.33. The summed E-state index contributed by atoms with van der Waals surface area (Å²) in [4.78, 5) is 18.2. The van der Waals surface area contributed by atoms with E-state index in [2.05, 4.69) is 23.7 Å². The fraction of sp³-hybridized carbons (Fsp3) is 0.583. The molecular formula is C24H31F3N2O2S. The van der Waals surface area contributed by atoms with Gasteiger partial charge in [0.25, 0.3) is 0 Å². The molecule has 0 bridgehead atoms. The molecule has 32 heavy (non-hydrogen) atoms. The largest absolute Gasteiger partial charge is 0.481 e. The van der Waals surface area contributed by atoms with Crippen LogP contribution in [-0.2, 0) is 17.5 Å². The molecule has 3 rings (SSSR count). The Morgan fingerprint density at radius 1 is 1.25 bits per heavy atom. The number of thiazole rings is 1. The van der Waals surface area contributed by atoms with Crippen LogP contribution in [0.2, 0.25) is 0 Å². The fourth-order valence-electron chi connectivity index (χ4n) is 4.68. The van der Waals surface area contributed by atoms with Crippen LogP contribution in [0.25, 0.3) is 0 Å². The molecule has 1 aromatic heterocycles. The minimum atomic E-state index is -4.37. The van der Waals surface area contributed by atoms with Gasteiger partial charge in [-0.3, -0.25) is 9.69 Å². The minimum Gasteiger partial charge on any atom is -0.481 e. The zero-order valence-electron chi connectivity index (χ0n) is 18.5. The van der Waals surface area contributed by atoms with E-state index >= 15 is 0 Å². The van der Waals surface area contributed by atoms with Crippen LogP contribution in [0.15, 0.2) is 35.8 Å². The minimum absolute atomic E-state index is 0.0116. The molecule has 176 valence electrons. The van der Waals surface area contributed by atoms with Crippen LogP contribution >= 0.6 is 11.3 Å². The fourth-order valence-corrected chi connectivity index (χ4v) is 5.32. The summed E-state index contributed by atoms with van der Waals surface area (Å²) < 4.78 is 39.2. The number of benzene rings is 1. The maximum absolute atomic E-state index is 13.1. The van der Waals surface area contributed by atoms with Crippen molar-refractivity contribution in [2.24, 2.45) is 11.8 Å². The number of halogens is 3. The van der Waals surface area contributed by atoms with Crippen molar-refractivity contribution in [1.82, 2.24) is 9.88 Å². The lowest BCUT2D eigenvalue weighted by Crippen LogP contribution is -2.43. The molecule has 0 spiro atoms. The quantitative estimate of drug-likeness (QED) is 0.460. The van der Waals surface area contributed by atoms with E-state index in [1.165, 1.54) is 0 Å². The zero-order valence-corrected chi connectivity index (χ0v) is 19.3. The van der Waals surface area contributed by atoms with Gasteiger partial charge in [-0.2, -0.15) is 13.2 Å². The molecule has 0 unspecified atom stereocenters. The number of aliphatic carboxylic acids is 1. The van der Waals surface area contributed by atoms with E-state index in [9.17, 15) is 23.1 Å². The molecule has 3 atom stereocenters. The Bertz CT molecular complexity index is 853. The summed E-state index contributed by atoms with van der Waals surface area (Å²) in [7, 11) is 0. The maximum atomic E-state index is 13.1. The molecule has 0 saturated heterocycles. The van der Waals surface area contributed by atoms with E-state index in [0.717, 1.165) is 48.5 Å². The van der Waals surface area contributed by atoms with Crippen molar-refractivity contribution in [2.75, 3.05) is 6.54 Å². The highest BCUT2D eigenvalue weighted by Crippen LogP contribution is 2.42. The molecule has 1 heterocycles. The summed E-state index contributed by atoms with van der Waals surface area (Å²) in [5, 5.41) is 12.3. The van der Waals surface area contributed by atoms with Crippen molar-refractivity contribution in [3.05, 3.63) is 52.0 Å². The highest BCUT2D eigenvalue weighted by atomic mass is 32.1. The van der Waals surface area contributed by atoms with Gasteiger partial charge in [0.1, 0.15) is 5.01 Å². The number of aromatic nitrogens is 1. The number of carbonyl (C=O) groups is 1. The van der Waals surface area contributed by atoms with Gasteiger partial charge in [-0.15, -0.1) is 11.3 Å². The monoisotopic (exact) mass is 468 g/mol. The molecule has 1 saturated carbocycles. The Morgan fingerprint density at radius 2 is 1.97 bits per heavy atom. The van der Waals surface area contributed by atoms with E-state index in [1.807, 2.05) is 5.38 Å². The van der Waals surface area contributed by atoms with Gasteiger partial charge in [-0.05, 0) is 67.7 Å². The summed E-state index contributed by atoms with van der Waals surface area (Å²) in [6.45, 7) is 5.94. The highest BCUT2D eigenvalue weighted by Gasteiger charge is 2.37. The summed E-state index contributed by atoms with van der Waals surface area (Å²) in [5.41, 5.74) is 0.196. The lowest BCUT2D eigenvalue weighted by atomic mass is 9.73. The smallest absolute Gasteiger partial charge is 0.416 e. The third kappa shape index (κ3) is 6.78. The molecule has 1 aliphatic rings. The van der Waals surface area contributed by atoms with Gasteiger partial charge >= 0.3 is 12.1 Å². The lowest BCUT2D eigenvalue weighted by Gasteiger charge is -2.43. The van der Waals surface area contributed by atoms with Crippen LogP contribution in [0.5, 0.6) is 0 Å². The Labute approximate surface area is 191 Å². The summed E-state index contributed by atoms with van der Waals surface area (Å²) in [6, 6.07) is 5.58. The van der Waals surface area contributed by atoms with E-state index in [-0.39, 0.29) is 24.3 Å². The van der Waals surface area contributed by atoms with Crippen molar-refractivity contribution >= 4 is 17.3 Å². The molecule has 2 aromatic rings. The van der Waals surface area contributed by atoms with Gasteiger partial charge in [-0.25, -0.2) is 4.98 Å². The molecule has 1 N–H and O–H groups in total. The normalized spacial score (nSPS) is 21.9. The number of alkyl halides is 3. The number of carboxylic acids is 1. The summed E-state index contributed by atoms with van der Waals surface area (Å²) >= 11 is 1.60. The van der Waals surface area contributed by atoms with Gasteiger partial charge in [-0.1, -0.05) is 26.0 Å². The first-order valence-corrected chi connectivity index (χ1v) is 12.0. The van der Waals surface area contributed by atoms with E-state index in [4.69, 9.17) is 0 Å². The van der Waals surface area contributed by atoms with Gasteiger partial charge < -0.3 is 5.11 Å². The zero-order chi connectivity index (χ0) is 23.3. The number of hydrogen-bond acceptors (Lipinski definition) is 4. The standard InChI is InChI=1S/C24H31F3N2O2S/c1-16(2)9-11-29(15-22-28-10-12-32-22)21-8-3-17(14-23(30)31)13-20(21)18-4-6-19(7-5-18)24(25,26)27/h4-7,10,12,16-17,20-21H,3,8-9,11,13-15H2,1-2H3,(H,30,31)/t17-,20+,21-/m1/s1. The third-order valence-electron chi connectivity index (χ3n) is 6.34. The third-order valence-corrected chi connectivity index (χ3v) is 7.10. The SMILES string of the molecule is CC(C)CCN(Cc1nccs1)[C@@H]1CC[C@@H](CC(=O)O)C[C@H]1c1ccc(C(F)(F)F)cc1. The van der Waals surface area contributed by atoms with Crippen molar-refractivity contribution in [2.45, 2.75) is 70.6 Å². The first kappa shape index (κ1) is 24.7. The number of hydrogen-bond donors (Lipinski definition) is 1. The lowest BCUT2D eigenvalue weighted by molar-refractivity contribution is -0.139. The molecule has 4 nitrogen and oxygen atoms in total. The van der Waals surface area contributed by atoms with E-state index in [0.29, 0.717) is 18.9 Å². The second kappa shape index (κ2) is 10.8. The molecule has 0 amide bonds. The second-order valence-corrected chi connectivity index (χ2v) is 10.1. The predicted molar refractivity (Wildman–Crippen MR) is 120 cm³/mol. The maximum Gasteiger partial charge on any atom is 0.416 e. The Balaban J connectivity index is 1.89. The summed E-state index contributed by atoms with van der Waals surface area (Å²) in [5.74, 6) is -0.272. The first-order chi connectivity index (χ1) is 15.1. The van der Waals surface area contributed by atoms with Crippen LogP contribution in [0, 0.1) is 11.8 Å². The van der Waals surface area contributed by atoms with Gasteiger partial charge in [0, 0.05) is 24.0 Å². The van der Waals surface area contributed by atoms with Crippen molar-refractivity contribution in [3.63, 3.8) is 0 Å². The molecule has 0 radical (unpaired) electrons. The topological polar surface area (TPSA) is 53.4 Å². The molecule has 8 heteroatoms. The Morgan fingerprint density at radius 3 is 2.53 bits per heavy atom. The van der Waals surface area contributed by atoms with Crippen LogP contribution in [0.4, 0.5) is 13.2 Å². The average molecular weight is 469 g/mol. The van der Waals surface area contributed by atoms with Crippen LogP contribution in [0.1, 0.15) is 68.0 Å². The second-order valence-electron chi connectivity index (χ2n) is 9.15. The molecule has 1 aromatic carbocycles. The van der Waals surface area contributed by atoms with E-state index < -0.39 is 17.7 Å². The number of rotatable bonds is 9. The van der Waals surface area contributed by atoms with Gasteiger partial charge in [0.2, 0.25) is 0 Å². The van der Waals surface area contributed by atoms with Crippen LogP contribution in [-0.4, -0.2) is 33.5 Å². The molecule has 1 fully saturated rings. The van der Waals surface area contributed by atoms with Crippen LogP contribution < -0.4 is 0 Å². The van der Waals surface area contributed by atoms with E-state index in [1.54, 1.807) is 29.7 Å². The number of nitrogens with zero attached hydrogens (tertiary/aromatic N) is 2. The van der Waals surface area contributed by atoms with Crippen molar-refractivity contribution < 1.29 is 23.1 Å².